The van der Waals surface area contributed by atoms with Crippen LogP contribution in [-0.4, -0.2) is 29.3 Å². The van der Waals surface area contributed by atoms with Crippen molar-refractivity contribution >= 4 is 22.4 Å². The molecular weight excluding hydrogens is 438 g/mol. The normalized spacial score (nSPS) is 13.5. The second-order valence-corrected chi connectivity index (χ2v) is 9.41. The van der Waals surface area contributed by atoms with Crippen molar-refractivity contribution in [2.75, 3.05) is 5.32 Å². The topological polar surface area (TPSA) is 93.4 Å². The molecule has 6 rings (SSSR count). The van der Waals surface area contributed by atoms with Crippen molar-refractivity contribution in [1.29, 1.82) is 0 Å². The summed E-state index contributed by atoms with van der Waals surface area (Å²) in [6.07, 6.45) is 6.27. The maximum Gasteiger partial charge on any atom is 0.255 e. The van der Waals surface area contributed by atoms with Gasteiger partial charge in [-0.25, -0.2) is 9.67 Å². The molecule has 1 aliphatic carbocycles. The van der Waals surface area contributed by atoms with Crippen molar-refractivity contribution in [1.82, 2.24) is 29.3 Å². The van der Waals surface area contributed by atoms with Crippen LogP contribution in [0, 0.1) is 13.8 Å². The van der Waals surface area contributed by atoms with Crippen molar-refractivity contribution in [2.45, 2.75) is 32.6 Å². The first-order valence-electron chi connectivity index (χ1n) is 11.8. The molecule has 0 amide bonds. The van der Waals surface area contributed by atoms with Crippen LogP contribution < -0.4 is 10.9 Å². The molecule has 176 valence electrons. The molecule has 0 aliphatic heterocycles. The summed E-state index contributed by atoms with van der Waals surface area (Å²) in [4.78, 5) is 24.5. The van der Waals surface area contributed by atoms with Gasteiger partial charge in [0.25, 0.3) is 5.56 Å². The first-order valence-corrected chi connectivity index (χ1v) is 11.8. The highest BCUT2D eigenvalue weighted by Crippen LogP contribution is 2.40. The van der Waals surface area contributed by atoms with E-state index in [1.54, 1.807) is 10.9 Å². The third-order valence-electron chi connectivity index (χ3n) is 6.85. The summed E-state index contributed by atoms with van der Waals surface area (Å²) < 4.78 is 3.89. The quantitative estimate of drug-likeness (QED) is 0.383. The van der Waals surface area contributed by atoms with Gasteiger partial charge in [-0.1, -0.05) is 12.1 Å². The molecule has 3 aromatic heterocycles. The Kier molecular flexibility index (Phi) is 4.84. The molecule has 0 unspecified atom stereocenters. The van der Waals surface area contributed by atoms with Gasteiger partial charge < -0.3 is 14.9 Å². The molecule has 1 aliphatic rings. The van der Waals surface area contributed by atoms with Gasteiger partial charge in [-0.2, -0.15) is 4.98 Å². The van der Waals surface area contributed by atoms with E-state index in [9.17, 15) is 4.79 Å². The lowest BCUT2D eigenvalue weighted by Crippen LogP contribution is -2.06. The zero-order valence-electron chi connectivity index (χ0n) is 20.3. The number of nitrogens with one attached hydrogen (secondary N) is 2. The lowest BCUT2D eigenvalue weighted by Gasteiger charge is -2.10. The summed E-state index contributed by atoms with van der Waals surface area (Å²) in [5.41, 5.74) is 6.02. The second kappa shape index (κ2) is 7.94. The molecule has 1 fully saturated rings. The number of benzene rings is 2. The number of nitrogens with zero attached hydrogens (tertiary/aromatic N) is 5. The molecule has 2 aromatic carbocycles. The minimum absolute atomic E-state index is 0.0913. The minimum Gasteiger partial charge on any atom is -0.337 e. The van der Waals surface area contributed by atoms with E-state index < -0.39 is 0 Å². The SMILES string of the molecule is Cc1cc(-c2nc(Nc3ccc4c(=O)[nH]ccc4c3C)n(C)n2)ccc1-c1cn(C)c(C2CC2)n1. The summed E-state index contributed by atoms with van der Waals surface area (Å²) in [6.45, 7) is 4.10. The number of aryl methyl sites for hydroxylation is 4. The number of hydrogen-bond donors (Lipinski definition) is 2. The Hall–Kier alpha value is -4.20. The zero-order valence-corrected chi connectivity index (χ0v) is 20.3. The van der Waals surface area contributed by atoms with Crippen LogP contribution in [0.5, 0.6) is 0 Å². The van der Waals surface area contributed by atoms with Crippen LogP contribution in [0.3, 0.4) is 0 Å². The van der Waals surface area contributed by atoms with Crippen LogP contribution in [0.15, 0.2) is 53.6 Å². The van der Waals surface area contributed by atoms with Crippen LogP contribution in [0.25, 0.3) is 33.4 Å². The number of imidazole rings is 1. The molecule has 2 N–H and O–H groups in total. The van der Waals surface area contributed by atoms with E-state index in [4.69, 9.17) is 9.97 Å². The smallest absolute Gasteiger partial charge is 0.255 e. The Morgan fingerprint density at radius 3 is 2.63 bits per heavy atom. The van der Waals surface area contributed by atoms with E-state index in [2.05, 4.69) is 58.3 Å². The number of fused-ring (bicyclic) bond motifs is 1. The zero-order chi connectivity index (χ0) is 24.3. The van der Waals surface area contributed by atoms with Gasteiger partial charge in [0.15, 0.2) is 5.82 Å². The van der Waals surface area contributed by atoms with Crippen molar-refractivity contribution in [3.63, 3.8) is 0 Å². The van der Waals surface area contributed by atoms with Gasteiger partial charge in [-0.3, -0.25) is 4.79 Å². The average Bonchev–Trinajstić information content (AvgIpc) is 3.51. The molecule has 0 bridgehead atoms. The highest BCUT2D eigenvalue weighted by molar-refractivity contribution is 5.89. The third kappa shape index (κ3) is 3.71. The van der Waals surface area contributed by atoms with Crippen molar-refractivity contribution in [2.24, 2.45) is 14.1 Å². The van der Waals surface area contributed by atoms with E-state index in [0.717, 1.165) is 39.0 Å². The number of aromatic amines is 1. The predicted molar refractivity (Wildman–Crippen MR) is 138 cm³/mol. The molecule has 8 heteroatoms. The number of H-pyrrole nitrogens is 1. The number of aromatic nitrogens is 6. The first kappa shape index (κ1) is 21.3. The Balaban J connectivity index is 1.30. The number of pyridine rings is 1. The highest BCUT2D eigenvalue weighted by Gasteiger charge is 2.28. The van der Waals surface area contributed by atoms with Gasteiger partial charge in [-0.15, -0.1) is 5.10 Å². The molecule has 0 radical (unpaired) electrons. The summed E-state index contributed by atoms with van der Waals surface area (Å²) in [5, 5.41) is 9.61. The monoisotopic (exact) mass is 465 g/mol. The molecule has 1 saturated carbocycles. The Morgan fingerprint density at radius 2 is 1.86 bits per heavy atom. The van der Waals surface area contributed by atoms with E-state index in [1.165, 1.54) is 18.7 Å². The van der Waals surface area contributed by atoms with Gasteiger partial charge in [0.05, 0.1) is 5.69 Å². The lowest BCUT2D eigenvalue weighted by molar-refractivity contribution is 0.778. The van der Waals surface area contributed by atoms with Gasteiger partial charge in [-0.05, 0) is 67.5 Å². The molecule has 0 atom stereocenters. The van der Waals surface area contributed by atoms with Gasteiger partial charge in [0, 0.05) is 54.6 Å². The maximum atomic E-state index is 12.1. The number of hydrogen-bond acceptors (Lipinski definition) is 5. The fourth-order valence-corrected chi connectivity index (χ4v) is 4.71. The first-order chi connectivity index (χ1) is 16.9. The molecule has 0 spiro atoms. The summed E-state index contributed by atoms with van der Waals surface area (Å²) in [5.74, 6) is 3.08. The van der Waals surface area contributed by atoms with Crippen molar-refractivity contribution < 1.29 is 0 Å². The lowest BCUT2D eigenvalue weighted by atomic mass is 10.0. The van der Waals surface area contributed by atoms with Gasteiger partial charge >= 0.3 is 0 Å². The second-order valence-electron chi connectivity index (χ2n) is 9.41. The largest absolute Gasteiger partial charge is 0.337 e. The standard InChI is InChI=1S/C27H27N7O/c1-15-13-18(7-8-19(15)23-14-33(3)25(29-23)17-5-6-17)24-31-27(34(4)32-24)30-22-10-9-21-20(16(22)2)11-12-28-26(21)35/h7-14,17H,5-6H2,1-4H3,(H,28,35)(H,30,31,32). The maximum absolute atomic E-state index is 12.1. The van der Waals surface area contributed by atoms with Gasteiger partial charge in [0.1, 0.15) is 5.82 Å². The molecular formula is C27H27N7O. The van der Waals surface area contributed by atoms with Crippen molar-refractivity contribution in [3.8, 4) is 22.6 Å². The van der Waals surface area contributed by atoms with Crippen molar-refractivity contribution in [3.05, 3.63) is 76.1 Å². The predicted octanol–water partition coefficient (Wildman–Crippen LogP) is 4.96. The van der Waals surface area contributed by atoms with E-state index in [0.29, 0.717) is 23.1 Å². The van der Waals surface area contributed by atoms with Gasteiger partial charge in [0.2, 0.25) is 5.95 Å². The average molecular weight is 466 g/mol. The summed E-state index contributed by atoms with van der Waals surface area (Å²) in [6, 6.07) is 11.9. The summed E-state index contributed by atoms with van der Waals surface area (Å²) in [7, 11) is 3.95. The third-order valence-corrected chi connectivity index (χ3v) is 6.85. The Labute approximate surface area is 202 Å². The van der Waals surface area contributed by atoms with Crippen LogP contribution in [-0.2, 0) is 14.1 Å². The van der Waals surface area contributed by atoms with E-state index >= 15 is 0 Å². The molecule has 5 aromatic rings. The number of rotatable bonds is 5. The Morgan fingerprint density at radius 1 is 1.03 bits per heavy atom. The molecule has 8 nitrogen and oxygen atoms in total. The van der Waals surface area contributed by atoms with E-state index in [1.807, 2.05) is 32.2 Å². The fourth-order valence-electron chi connectivity index (χ4n) is 4.71. The molecule has 0 saturated heterocycles. The van der Waals surface area contributed by atoms with Crippen LogP contribution >= 0.6 is 0 Å². The van der Waals surface area contributed by atoms with E-state index in [-0.39, 0.29) is 5.56 Å². The van der Waals surface area contributed by atoms with Crippen LogP contribution in [0.1, 0.15) is 35.7 Å². The molecule has 35 heavy (non-hydrogen) atoms. The minimum atomic E-state index is -0.0913. The Bertz CT molecular complexity index is 1650. The number of anilines is 2. The fraction of sp³-hybridized carbons (Fsp3) is 0.259. The highest BCUT2D eigenvalue weighted by atomic mass is 16.1. The molecule has 3 heterocycles. The summed E-state index contributed by atoms with van der Waals surface area (Å²) >= 11 is 0. The van der Waals surface area contributed by atoms with Crippen LogP contribution in [0.2, 0.25) is 0 Å². The van der Waals surface area contributed by atoms with Crippen LogP contribution in [0.4, 0.5) is 11.6 Å².